The van der Waals surface area contributed by atoms with E-state index >= 15 is 0 Å². The number of carbonyl (C=O) groups excluding carboxylic acids is 1. The number of rotatable bonds is 5. The van der Waals surface area contributed by atoms with Crippen molar-refractivity contribution >= 4 is 40.4 Å². The van der Waals surface area contributed by atoms with Gasteiger partial charge in [0.25, 0.3) is 11.6 Å². The third kappa shape index (κ3) is 4.35. The van der Waals surface area contributed by atoms with Crippen LogP contribution in [0.2, 0.25) is 0 Å². The number of benzene rings is 2. The Kier molecular flexibility index (Phi) is 5.57. The molecule has 0 radical (unpaired) electrons. The molecule has 0 unspecified atom stereocenters. The van der Waals surface area contributed by atoms with Gasteiger partial charge in [0.1, 0.15) is 0 Å². The molecule has 0 atom stereocenters. The number of nitro benzene ring substituents is 1. The van der Waals surface area contributed by atoms with Gasteiger partial charge >= 0.3 is 0 Å². The van der Waals surface area contributed by atoms with Crippen LogP contribution in [-0.4, -0.2) is 15.8 Å². The first kappa shape index (κ1) is 19.1. The molecule has 0 fully saturated rings. The zero-order chi connectivity index (χ0) is 19.6. The number of aromatic nitrogens is 1. The molecule has 0 saturated carbocycles. The van der Waals surface area contributed by atoms with Crippen LogP contribution >= 0.6 is 23.1 Å². The van der Waals surface area contributed by atoms with Crippen LogP contribution < -0.4 is 5.32 Å². The van der Waals surface area contributed by atoms with E-state index in [4.69, 9.17) is 0 Å². The molecular weight excluding hydrogens is 382 g/mol. The van der Waals surface area contributed by atoms with E-state index in [0.717, 1.165) is 26.8 Å². The number of thiazole rings is 1. The predicted octanol–water partition coefficient (Wildman–Crippen LogP) is 5.38. The number of nitrogens with zero attached hydrogens (tertiary/aromatic N) is 2. The van der Waals surface area contributed by atoms with E-state index in [0.29, 0.717) is 4.90 Å². The summed E-state index contributed by atoms with van der Waals surface area (Å²) in [6, 6.07) is 10.2. The first-order chi connectivity index (χ1) is 12.8. The second kappa shape index (κ2) is 7.89. The quantitative estimate of drug-likeness (QED) is 0.460. The first-order valence-electron chi connectivity index (χ1n) is 8.11. The molecule has 0 aliphatic rings. The molecular formula is C19H17N3O3S2. The van der Waals surface area contributed by atoms with Crippen LogP contribution in [-0.2, 0) is 0 Å². The van der Waals surface area contributed by atoms with Crippen molar-refractivity contribution in [2.45, 2.75) is 30.0 Å². The van der Waals surface area contributed by atoms with Crippen LogP contribution in [0.3, 0.4) is 0 Å². The smallest absolute Gasteiger partial charge is 0.284 e. The summed E-state index contributed by atoms with van der Waals surface area (Å²) in [6.45, 7) is 5.68. The maximum Gasteiger partial charge on any atom is 0.284 e. The maximum atomic E-state index is 12.6. The number of carbonyl (C=O) groups is 1. The van der Waals surface area contributed by atoms with E-state index in [1.165, 1.54) is 29.2 Å². The highest BCUT2D eigenvalue weighted by molar-refractivity contribution is 8.01. The van der Waals surface area contributed by atoms with Crippen LogP contribution in [0.15, 0.2) is 51.0 Å². The molecule has 0 aliphatic heterocycles. The molecule has 0 bridgehead atoms. The highest BCUT2D eigenvalue weighted by Gasteiger charge is 2.20. The van der Waals surface area contributed by atoms with Gasteiger partial charge in [-0.2, -0.15) is 0 Å². The van der Waals surface area contributed by atoms with Crippen LogP contribution in [0.1, 0.15) is 27.2 Å². The average molecular weight is 399 g/mol. The number of para-hydroxylation sites is 1. The molecule has 1 aromatic heterocycles. The molecule has 1 heterocycles. The van der Waals surface area contributed by atoms with Gasteiger partial charge in [0.05, 0.1) is 9.82 Å². The van der Waals surface area contributed by atoms with Crippen LogP contribution in [0.25, 0.3) is 0 Å². The second-order valence-electron chi connectivity index (χ2n) is 6.02. The molecule has 2 aromatic carbocycles. The molecule has 0 spiro atoms. The lowest BCUT2D eigenvalue weighted by Crippen LogP contribution is -2.14. The Labute approximate surface area is 164 Å². The SMILES string of the molecule is Cc1csc(Sc2ccc(C(=O)Nc3c(C)cccc3C)cc2[N+](=O)[O-])n1. The molecule has 6 nitrogen and oxygen atoms in total. The van der Waals surface area contributed by atoms with Gasteiger partial charge in [-0.3, -0.25) is 14.9 Å². The van der Waals surface area contributed by atoms with Gasteiger partial charge in [-0.15, -0.1) is 11.3 Å². The fourth-order valence-corrected chi connectivity index (χ4v) is 4.44. The Morgan fingerprint density at radius 1 is 1.19 bits per heavy atom. The summed E-state index contributed by atoms with van der Waals surface area (Å²) in [5.74, 6) is -0.378. The standard InChI is InChI=1S/C19H17N3O3S2/c1-11-5-4-6-12(2)17(11)21-18(23)14-7-8-16(15(9-14)22(24)25)27-19-20-13(3)10-26-19/h4-10H,1-3H3,(H,21,23). The predicted molar refractivity (Wildman–Crippen MR) is 108 cm³/mol. The summed E-state index contributed by atoms with van der Waals surface area (Å²) in [7, 11) is 0. The highest BCUT2D eigenvalue weighted by Crippen LogP contribution is 2.37. The Morgan fingerprint density at radius 3 is 2.48 bits per heavy atom. The molecule has 8 heteroatoms. The van der Waals surface area contributed by atoms with E-state index in [9.17, 15) is 14.9 Å². The van der Waals surface area contributed by atoms with Crippen molar-refractivity contribution in [2.24, 2.45) is 0 Å². The molecule has 3 aromatic rings. The van der Waals surface area contributed by atoms with E-state index in [1.807, 2.05) is 44.4 Å². The minimum atomic E-state index is -0.474. The lowest BCUT2D eigenvalue weighted by atomic mass is 10.1. The molecule has 138 valence electrons. The Hall–Kier alpha value is -2.71. The molecule has 27 heavy (non-hydrogen) atoms. The van der Waals surface area contributed by atoms with E-state index < -0.39 is 4.92 Å². The number of nitro groups is 1. The molecule has 0 aliphatic carbocycles. The van der Waals surface area contributed by atoms with Gasteiger partial charge in [0.15, 0.2) is 4.34 Å². The van der Waals surface area contributed by atoms with Crippen LogP contribution in [0, 0.1) is 30.9 Å². The zero-order valence-corrected chi connectivity index (χ0v) is 16.6. The zero-order valence-electron chi connectivity index (χ0n) is 15.0. The largest absolute Gasteiger partial charge is 0.321 e. The number of aryl methyl sites for hydroxylation is 3. The summed E-state index contributed by atoms with van der Waals surface area (Å²) in [6.07, 6.45) is 0. The number of hydrogen-bond acceptors (Lipinski definition) is 6. The van der Waals surface area contributed by atoms with Crippen molar-refractivity contribution in [3.8, 4) is 0 Å². The summed E-state index contributed by atoms with van der Waals surface area (Å²) < 4.78 is 0.725. The van der Waals surface area contributed by atoms with Crippen molar-refractivity contribution in [1.29, 1.82) is 0 Å². The Balaban J connectivity index is 1.89. The third-order valence-corrected chi connectivity index (χ3v) is 6.05. The third-order valence-electron chi connectivity index (χ3n) is 3.93. The van der Waals surface area contributed by atoms with Gasteiger partial charge in [0, 0.05) is 28.4 Å². The summed E-state index contributed by atoms with van der Waals surface area (Å²) in [5.41, 5.74) is 3.59. The van der Waals surface area contributed by atoms with Crippen LogP contribution in [0.4, 0.5) is 11.4 Å². The van der Waals surface area contributed by atoms with Crippen molar-refractivity contribution in [2.75, 3.05) is 5.32 Å². The normalized spacial score (nSPS) is 10.6. The fourth-order valence-electron chi connectivity index (χ4n) is 2.56. The van der Waals surface area contributed by atoms with Gasteiger partial charge < -0.3 is 5.32 Å². The number of anilines is 1. The van der Waals surface area contributed by atoms with E-state index in [2.05, 4.69) is 10.3 Å². The molecule has 1 amide bonds. The van der Waals surface area contributed by atoms with Crippen molar-refractivity contribution in [3.05, 3.63) is 74.3 Å². The number of amides is 1. The minimum absolute atomic E-state index is 0.109. The van der Waals surface area contributed by atoms with E-state index in [-0.39, 0.29) is 17.2 Å². The molecule has 1 N–H and O–H groups in total. The number of hydrogen-bond donors (Lipinski definition) is 1. The summed E-state index contributed by atoms with van der Waals surface area (Å²) in [4.78, 5) is 28.4. The maximum absolute atomic E-state index is 12.6. The van der Waals surface area contributed by atoms with Gasteiger partial charge in [-0.25, -0.2) is 4.98 Å². The highest BCUT2D eigenvalue weighted by atomic mass is 32.2. The van der Waals surface area contributed by atoms with Gasteiger partial charge in [-0.1, -0.05) is 30.0 Å². The summed E-state index contributed by atoms with van der Waals surface area (Å²) in [5, 5.41) is 16.2. The van der Waals surface area contributed by atoms with Crippen LogP contribution in [0.5, 0.6) is 0 Å². The Bertz CT molecular complexity index is 1010. The number of nitrogens with one attached hydrogen (secondary N) is 1. The lowest BCUT2D eigenvalue weighted by Gasteiger charge is -2.11. The minimum Gasteiger partial charge on any atom is -0.321 e. The summed E-state index contributed by atoms with van der Waals surface area (Å²) >= 11 is 2.66. The lowest BCUT2D eigenvalue weighted by molar-refractivity contribution is -0.387. The van der Waals surface area contributed by atoms with E-state index in [1.54, 1.807) is 12.1 Å². The van der Waals surface area contributed by atoms with Crippen molar-refractivity contribution in [3.63, 3.8) is 0 Å². The van der Waals surface area contributed by atoms with Gasteiger partial charge in [-0.05, 0) is 44.0 Å². The average Bonchev–Trinajstić information content (AvgIpc) is 3.03. The topological polar surface area (TPSA) is 85.1 Å². The monoisotopic (exact) mass is 399 g/mol. The first-order valence-corrected chi connectivity index (χ1v) is 9.81. The molecule has 3 rings (SSSR count). The molecule has 0 saturated heterocycles. The van der Waals surface area contributed by atoms with Crippen molar-refractivity contribution in [1.82, 2.24) is 4.98 Å². The second-order valence-corrected chi connectivity index (χ2v) is 8.16. The fraction of sp³-hybridized carbons (Fsp3) is 0.158. The van der Waals surface area contributed by atoms with Crippen molar-refractivity contribution < 1.29 is 9.72 Å². The van der Waals surface area contributed by atoms with Gasteiger partial charge in [0.2, 0.25) is 0 Å². The Morgan fingerprint density at radius 2 is 1.89 bits per heavy atom.